The number of rotatable bonds is 3. The summed E-state index contributed by atoms with van der Waals surface area (Å²) in [6, 6.07) is 5.75. The highest BCUT2D eigenvalue weighted by molar-refractivity contribution is 5.86. The van der Waals surface area contributed by atoms with E-state index in [0.717, 1.165) is 6.07 Å². The van der Waals surface area contributed by atoms with Crippen LogP contribution in [0.4, 0.5) is 4.39 Å². The predicted molar refractivity (Wildman–Crippen MR) is 59.4 cm³/mol. The summed E-state index contributed by atoms with van der Waals surface area (Å²) < 4.78 is 14.3. The number of nitriles is 1. The lowest BCUT2D eigenvalue weighted by atomic mass is 10.1. The number of carboxylic acids is 1. The van der Waals surface area contributed by atoms with Crippen molar-refractivity contribution < 1.29 is 14.3 Å². The van der Waals surface area contributed by atoms with Crippen molar-refractivity contribution in [3.8, 4) is 6.07 Å². The summed E-state index contributed by atoms with van der Waals surface area (Å²) in [6.45, 7) is 0.219. The second-order valence-corrected chi connectivity index (χ2v) is 3.65. The Labute approximate surface area is 102 Å². The molecule has 1 aromatic carbocycles. The van der Waals surface area contributed by atoms with Crippen LogP contribution in [0.3, 0.4) is 0 Å². The number of nitrogens with zero attached hydrogens (tertiary/aromatic N) is 3. The number of carbonyl (C=O) groups is 1. The third-order valence-corrected chi connectivity index (χ3v) is 2.40. The maximum atomic E-state index is 12.9. The average molecular weight is 245 g/mol. The molecule has 1 aromatic heterocycles. The molecule has 0 saturated heterocycles. The Morgan fingerprint density at radius 2 is 2.33 bits per heavy atom. The normalized spacial score (nSPS) is 10.0. The Morgan fingerprint density at radius 3 is 2.94 bits per heavy atom. The largest absolute Gasteiger partial charge is 0.478 e. The summed E-state index contributed by atoms with van der Waals surface area (Å²) in [5.41, 5.74) is 0.858. The lowest BCUT2D eigenvalue weighted by Crippen LogP contribution is -2.03. The molecule has 0 atom stereocenters. The van der Waals surface area contributed by atoms with E-state index in [0.29, 0.717) is 5.56 Å². The van der Waals surface area contributed by atoms with Crippen LogP contribution in [0.25, 0.3) is 0 Å². The van der Waals surface area contributed by atoms with Crippen molar-refractivity contribution in [1.82, 2.24) is 9.78 Å². The van der Waals surface area contributed by atoms with E-state index in [4.69, 9.17) is 10.4 Å². The maximum Gasteiger partial charge on any atom is 0.338 e. The molecule has 2 aromatic rings. The molecule has 90 valence electrons. The van der Waals surface area contributed by atoms with Gasteiger partial charge in [0, 0.05) is 6.20 Å². The van der Waals surface area contributed by atoms with Gasteiger partial charge < -0.3 is 5.11 Å². The van der Waals surface area contributed by atoms with Gasteiger partial charge in [0.2, 0.25) is 0 Å². The fourth-order valence-corrected chi connectivity index (χ4v) is 1.53. The Hall–Kier alpha value is -2.68. The van der Waals surface area contributed by atoms with Crippen molar-refractivity contribution >= 4 is 5.97 Å². The van der Waals surface area contributed by atoms with Gasteiger partial charge in [0.1, 0.15) is 5.82 Å². The number of halogens is 1. The molecule has 0 saturated carbocycles. The number of benzene rings is 1. The van der Waals surface area contributed by atoms with E-state index in [1.807, 2.05) is 6.07 Å². The molecule has 6 heteroatoms. The number of carboxylic acid groups (broad SMARTS) is 1. The molecule has 0 fully saturated rings. The first-order valence-electron chi connectivity index (χ1n) is 5.04. The topological polar surface area (TPSA) is 78.9 Å². The first kappa shape index (κ1) is 11.8. The minimum Gasteiger partial charge on any atom is -0.478 e. The highest BCUT2D eigenvalue weighted by atomic mass is 19.1. The zero-order chi connectivity index (χ0) is 13.1. The van der Waals surface area contributed by atoms with E-state index >= 15 is 0 Å². The highest BCUT2D eigenvalue weighted by Gasteiger charge is 2.08. The molecule has 18 heavy (non-hydrogen) atoms. The SMILES string of the molecule is N#Cc1cc(F)ccc1Cn1cc(C(=O)O)cn1. The number of aromatic nitrogens is 2. The van der Waals surface area contributed by atoms with Gasteiger partial charge in [-0.1, -0.05) is 6.07 Å². The van der Waals surface area contributed by atoms with Crippen LogP contribution in [-0.4, -0.2) is 20.9 Å². The van der Waals surface area contributed by atoms with Gasteiger partial charge in [0.15, 0.2) is 0 Å². The van der Waals surface area contributed by atoms with Crippen LogP contribution >= 0.6 is 0 Å². The van der Waals surface area contributed by atoms with Crippen LogP contribution in [0.5, 0.6) is 0 Å². The minimum absolute atomic E-state index is 0.0654. The standard InChI is InChI=1S/C12H8FN3O2/c13-11-2-1-8(9(3-11)4-14)6-16-7-10(5-15-16)12(17)18/h1-3,5,7H,6H2,(H,17,18). The highest BCUT2D eigenvalue weighted by Crippen LogP contribution is 2.12. The fourth-order valence-electron chi connectivity index (χ4n) is 1.53. The van der Waals surface area contributed by atoms with Crippen LogP contribution < -0.4 is 0 Å². The van der Waals surface area contributed by atoms with Crippen LogP contribution in [-0.2, 0) is 6.54 Å². The van der Waals surface area contributed by atoms with Gasteiger partial charge >= 0.3 is 5.97 Å². The van der Waals surface area contributed by atoms with Crippen molar-refractivity contribution in [2.75, 3.05) is 0 Å². The summed E-state index contributed by atoms with van der Waals surface area (Å²) in [5.74, 6) is -1.55. The molecular formula is C12H8FN3O2. The zero-order valence-electron chi connectivity index (χ0n) is 9.17. The molecule has 0 amide bonds. The number of hydrogen-bond acceptors (Lipinski definition) is 3. The summed E-state index contributed by atoms with van der Waals surface area (Å²) >= 11 is 0. The van der Waals surface area contributed by atoms with E-state index in [9.17, 15) is 9.18 Å². The van der Waals surface area contributed by atoms with Gasteiger partial charge in [-0.25, -0.2) is 9.18 Å². The van der Waals surface area contributed by atoms with E-state index in [-0.39, 0.29) is 17.7 Å². The summed E-state index contributed by atoms with van der Waals surface area (Å²) in [6.07, 6.45) is 2.57. The van der Waals surface area contributed by atoms with Gasteiger partial charge in [-0.2, -0.15) is 10.4 Å². The van der Waals surface area contributed by atoms with Gasteiger partial charge in [0.05, 0.1) is 29.9 Å². The van der Waals surface area contributed by atoms with Gasteiger partial charge in [-0.05, 0) is 17.7 Å². The monoisotopic (exact) mass is 245 g/mol. The second-order valence-electron chi connectivity index (χ2n) is 3.65. The Balaban J connectivity index is 2.28. The predicted octanol–water partition coefficient (Wildman–Crippen LogP) is 1.64. The molecule has 0 aliphatic carbocycles. The van der Waals surface area contributed by atoms with Gasteiger partial charge in [-0.15, -0.1) is 0 Å². The van der Waals surface area contributed by atoms with Crippen molar-refractivity contribution in [3.05, 3.63) is 53.1 Å². The molecule has 1 N–H and O–H groups in total. The van der Waals surface area contributed by atoms with Gasteiger partial charge in [-0.3, -0.25) is 4.68 Å². The minimum atomic E-state index is -1.07. The van der Waals surface area contributed by atoms with Gasteiger partial charge in [0.25, 0.3) is 0 Å². The molecule has 0 radical (unpaired) electrons. The zero-order valence-corrected chi connectivity index (χ0v) is 9.17. The van der Waals surface area contributed by atoms with Crippen molar-refractivity contribution in [2.45, 2.75) is 6.54 Å². The van der Waals surface area contributed by atoms with Crippen LogP contribution in [0.15, 0.2) is 30.6 Å². The Morgan fingerprint density at radius 1 is 1.56 bits per heavy atom. The van der Waals surface area contributed by atoms with Crippen molar-refractivity contribution in [1.29, 1.82) is 5.26 Å². The molecule has 0 aliphatic heterocycles. The summed E-state index contributed by atoms with van der Waals surface area (Å²) in [4.78, 5) is 10.7. The molecule has 1 heterocycles. The Bertz CT molecular complexity index is 643. The van der Waals surface area contributed by atoms with Crippen LogP contribution in [0, 0.1) is 17.1 Å². The van der Waals surface area contributed by atoms with Crippen LogP contribution in [0.1, 0.15) is 21.5 Å². The quantitative estimate of drug-likeness (QED) is 0.891. The van der Waals surface area contributed by atoms with E-state index in [1.165, 1.54) is 29.2 Å². The molecular weight excluding hydrogens is 237 g/mol. The third-order valence-electron chi connectivity index (χ3n) is 2.40. The second kappa shape index (κ2) is 4.67. The van der Waals surface area contributed by atoms with Crippen molar-refractivity contribution in [3.63, 3.8) is 0 Å². The summed E-state index contributed by atoms with van der Waals surface area (Å²) in [7, 11) is 0. The average Bonchev–Trinajstić information content (AvgIpc) is 2.80. The van der Waals surface area contributed by atoms with E-state index in [1.54, 1.807) is 0 Å². The van der Waals surface area contributed by atoms with E-state index in [2.05, 4.69) is 5.10 Å². The molecule has 2 rings (SSSR count). The fraction of sp³-hybridized carbons (Fsp3) is 0.0833. The molecule has 0 unspecified atom stereocenters. The Kier molecular flexibility index (Phi) is 3.06. The smallest absolute Gasteiger partial charge is 0.338 e. The van der Waals surface area contributed by atoms with Crippen LogP contribution in [0.2, 0.25) is 0 Å². The first-order valence-corrected chi connectivity index (χ1v) is 5.04. The van der Waals surface area contributed by atoms with Crippen molar-refractivity contribution in [2.24, 2.45) is 0 Å². The lowest BCUT2D eigenvalue weighted by Gasteiger charge is -2.04. The maximum absolute atomic E-state index is 12.9. The molecule has 0 aliphatic rings. The lowest BCUT2D eigenvalue weighted by molar-refractivity contribution is 0.0697. The van der Waals surface area contributed by atoms with E-state index < -0.39 is 11.8 Å². The molecule has 0 bridgehead atoms. The third kappa shape index (κ3) is 2.35. The number of aromatic carboxylic acids is 1. The summed E-state index contributed by atoms with van der Waals surface area (Å²) in [5, 5.41) is 21.5. The first-order chi connectivity index (χ1) is 8.60. The molecule has 5 nitrogen and oxygen atoms in total. The number of hydrogen-bond donors (Lipinski definition) is 1. The molecule has 0 spiro atoms.